The summed E-state index contributed by atoms with van der Waals surface area (Å²) in [5, 5.41) is 0. The molecule has 1 aromatic rings. The average Bonchev–Trinajstić information content (AvgIpc) is 2.38. The van der Waals surface area contributed by atoms with E-state index in [1.54, 1.807) is 0 Å². The molecule has 3 nitrogen and oxygen atoms in total. The lowest BCUT2D eigenvalue weighted by molar-refractivity contribution is -0.137. The van der Waals surface area contributed by atoms with Crippen molar-refractivity contribution in [1.82, 2.24) is 0 Å². The number of ether oxygens (including phenoxy) is 1. The van der Waals surface area contributed by atoms with Crippen LogP contribution in [0.3, 0.4) is 0 Å². The molecular weight excluding hydrogens is 295 g/mol. The number of benzene rings is 1. The van der Waals surface area contributed by atoms with Crippen molar-refractivity contribution in [2.24, 2.45) is 0 Å². The molecule has 1 amide bonds. The van der Waals surface area contributed by atoms with E-state index < -0.39 is 29.8 Å². The summed E-state index contributed by atoms with van der Waals surface area (Å²) in [7, 11) is 1.31. The van der Waals surface area contributed by atoms with Gasteiger partial charge in [0.15, 0.2) is 0 Å². The molecule has 0 spiro atoms. The lowest BCUT2D eigenvalue weighted by Crippen LogP contribution is -2.42. The summed E-state index contributed by atoms with van der Waals surface area (Å²) < 4.78 is 44.3. The molecule has 1 aromatic carbocycles. The van der Waals surface area contributed by atoms with Crippen molar-refractivity contribution < 1.29 is 22.7 Å². The fraction of sp³-hybridized carbons (Fsp3) is 0.462. The first-order valence-corrected chi connectivity index (χ1v) is 6.35. The Morgan fingerprint density at radius 1 is 1.45 bits per heavy atom. The number of halogens is 4. The van der Waals surface area contributed by atoms with Gasteiger partial charge in [0.05, 0.1) is 11.3 Å². The van der Waals surface area contributed by atoms with Gasteiger partial charge in [-0.25, -0.2) is 0 Å². The maximum atomic E-state index is 13.1. The molecule has 20 heavy (non-hydrogen) atoms. The van der Waals surface area contributed by atoms with E-state index in [0.29, 0.717) is 5.56 Å². The predicted octanol–water partition coefficient (Wildman–Crippen LogP) is 3.58. The van der Waals surface area contributed by atoms with E-state index >= 15 is 0 Å². The van der Waals surface area contributed by atoms with Crippen LogP contribution in [0.2, 0.25) is 0 Å². The molecule has 0 saturated heterocycles. The Kier molecular flexibility index (Phi) is 5.42. The molecule has 1 rings (SSSR count). The van der Waals surface area contributed by atoms with Gasteiger partial charge in [-0.3, -0.25) is 9.69 Å². The monoisotopic (exact) mass is 309 g/mol. The molecule has 7 heteroatoms. The number of nitrogens with zero attached hydrogens (tertiary/aromatic N) is 1. The number of para-hydroxylation sites is 1. The van der Waals surface area contributed by atoms with Crippen LogP contribution in [0.15, 0.2) is 18.2 Å². The second-order valence-electron chi connectivity index (χ2n) is 4.20. The summed E-state index contributed by atoms with van der Waals surface area (Å²) in [6.07, 6.45) is -5.43. The van der Waals surface area contributed by atoms with E-state index in [0.717, 1.165) is 11.0 Å². The van der Waals surface area contributed by atoms with Crippen molar-refractivity contribution in [3.8, 4) is 0 Å². The molecule has 1 atom stereocenters. The third-order valence-corrected chi connectivity index (χ3v) is 3.10. The summed E-state index contributed by atoms with van der Waals surface area (Å²) >= 11 is 5.49. The zero-order chi connectivity index (χ0) is 15.5. The van der Waals surface area contributed by atoms with Crippen LogP contribution in [0.5, 0.6) is 0 Å². The second kappa shape index (κ2) is 6.45. The topological polar surface area (TPSA) is 29.5 Å². The van der Waals surface area contributed by atoms with Crippen LogP contribution in [0.25, 0.3) is 0 Å². The predicted molar refractivity (Wildman–Crippen MR) is 70.9 cm³/mol. The van der Waals surface area contributed by atoms with Crippen molar-refractivity contribution in [2.45, 2.75) is 26.3 Å². The van der Waals surface area contributed by atoms with Crippen LogP contribution in [-0.2, 0) is 15.7 Å². The Morgan fingerprint density at radius 2 is 2.05 bits per heavy atom. The van der Waals surface area contributed by atoms with E-state index in [1.807, 2.05) is 0 Å². The molecule has 0 aliphatic rings. The summed E-state index contributed by atoms with van der Waals surface area (Å²) in [6.45, 7) is 2.98. The average molecular weight is 310 g/mol. The maximum absolute atomic E-state index is 13.1. The highest BCUT2D eigenvalue weighted by molar-refractivity contribution is 6.29. The van der Waals surface area contributed by atoms with Crippen LogP contribution in [0.4, 0.5) is 18.9 Å². The Hall–Kier alpha value is -1.27. The number of rotatable bonds is 4. The van der Waals surface area contributed by atoms with E-state index in [1.165, 1.54) is 33.1 Å². The van der Waals surface area contributed by atoms with Gasteiger partial charge in [0.1, 0.15) is 12.1 Å². The first-order valence-electron chi connectivity index (χ1n) is 5.81. The highest BCUT2D eigenvalue weighted by Gasteiger charge is 2.37. The molecule has 0 bridgehead atoms. The Labute approximate surface area is 120 Å². The van der Waals surface area contributed by atoms with Gasteiger partial charge < -0.3 is 4.74 Å². The van der Waals surface area contributed by atoms with Crippen LogP contribution < -0.4 is 4.90 Å². The second-order valence-corrected chi connectivity index (χ2v) is 4.47. The summed E-state index contributed by atoms with van der Waals surface area (Å²) in [5.41, 5.74) is -0.790. The molecule has 0 N–H and O–H groups in total. The van der Waals surface area contributed by atoms with E-state index in [4.69, 9.17) is 16.3 Å². The highest BCUT2D eigenvalue weighted by Crippen LogP contribution is 2.39. The molecule has 112 valence electrons. The summed E-state index contributed by atoms with van der Waals surface area (Å²) in [4.78, 5) is 12.8. The SMILES string of the molecule is COC(C)N(C(=O)CCl)c1c(C)cccc1C(F)(F)F. The fourth-order valence-corrected chi connectivity index (χ4v) is 2.02. The van der Waals surface area contributed by atoms with Gasteiger partial charge in [0.25, 0.3) is 0 Å². The Balaban J connectivity index is 3.51. The molecule has 0 fully saturated rings. The molecule has 0 aliphatic carbocycles. The number of methoxy groups -OCH3 is 1. The normalized spacial score (nSPS) is 13.2. The number of hydrogen-bond acceptors (Lipinski definition) is 2. The lowest BCUT2D eigenvalue weighted by atomic mass is 10.1. The van der Waals surface area contributed by atoms with Crippen molar-refractivity contribution in [3.63, 3.8) is 0 Å². The lowest BCUT2D eigenvalue weighted by Gasteiger charge is -2.31. The molecule has 0 heterocycles. The van der Waals surface area contributed by atoms with Gasteiger partial charge >= 0.3 is 6.18 Å². The number of amides is 1. The minimum atomic E-state index is -4.57. The molecule has 0 saturated carbocycles. The van der Waals surface area contributed by atoms with Crippen LogP contribution >= 0.6 is 11.6 Å². The number of aryl methyl sites for hydroxylation is 1. The smallest absolute Gasteiger partial charge is 0.361 e. The molecule has 0 aromatic heterocycles. The highest BCUT2D eigenvalue weighted by atomic mass is 35.5. The number of carbonyl (C=O) groups excluding carboxylic acids is 1. The van der Waals surface area contributed by atoms with Crippen molar-refractivity contribution in [2.75, 3.05) is 17.9 Å². The van der Waals surface area contributed by atoms with E-state index in [9.17, 15) is 18.0 Å². The molecular formula is C13H15ClF3NO2. The standard InChI is InChI=1S/C13H15ClF3NO2/c1-8-5-4-6-10(13(15,16)17)12(8)18(9(2)20-3)11(19)7-14/h4-6,9H,7H2,1-3H3. The van der Waals surface area contributed by atoms with Gasteiger partial charge in [-0.15, -0.1) is 11.6 Å². The third-order valence-electron chi connectivity index (χ3n) is 2.87. The number of anilines is 1. The molecule has 0 radical (unpaired) electrons. The van der Waals surface area contributed by atoms with Crippen molar-refractivity contribution in [3.05, 3.63) is 29.3 Å². The number of alkyl halides is 4. The Bertz CT molecular complexity index is 491. The van der Waals surface area contributed by atoms with Gasteiger partial charge in [-0.2, -0.15) is 13.2 Å². The van der Waals surface area contributed by atoms with E-state index in [-0.39, 0.29) is 5.69 Å². The van der Waals surface area contributed by atoms with Gasteiger partial charge in [0.2, 0.25) is 5.91 Å². The number of hydrogen-bond donors (Lipinski definition) is 0. The number of carbonyl (C=O) groups is 1. The largest absolute Gasteiger partial charge is 0.418 e. The maximum Gasteiger partial charge on any atom is 0.418 e. The van der Waals surface area contributed by atoms with E-state index in [2.05, 4.69) is 0 Å². The zero-order valence-corrected chi connectivity index (χ0v) is 12.0. The van der Waals surface area contributed by atoms with Crippen LogP contribution in [0.1, 0.15) is 18.1 Å². The van der Waals surface area contributed by atoms with Crippen molar-refractivity contribution >= 4 is 23.2 Å². The molecule has 0 aliphatic heterocycles. The third kappa shape index (κ3) is 3.43. The van der Waals surface area contributed by atoms with Gasteiger partial charge in [0, 0.05) is 7.11 Å². The first kappa shape index (κ1) is 16.8. The quantitative estimate of drug-likeness (QED) is 0.628. The van der Waals surface area contributed by atoms with Crippen molar-refractivity contribution in [1.29, 1.82) is 0 Å². The molecule has 1 unspecified atom stereocenters. The fourth-order valence-electron chi connectivity index (χ4n) is 1.89. The summed E-state index contributed by atoms with van der Waals surface area (Å²) in [6, 6.07) is 3.73. The minimum absolute atomic E-state index is 0.222. The minimum Gasteiger partial charge on any atom is -0.361 e. The zero-order valence-electron chi connectivity index (χ0n) is 11.3. The summed E-state index contributed by atoms with van der Waals surface area (Å²) in [5.74, 6) is -1.08. The Morgan fingerprint density at radius 3 is 2.50 bits per heavy atom. The van der Waals surface area contributed by atoms with Gasteiger partial charge in [-0.05, 0) is 25.5 Å². The first-order chi connectivity index (χ1) is 9.23. The van der Waals surface area contributed by atoms with Crippen LogP contribution in [0, 0.1) is 6.92 Å². The van der Waals surface area contributed by atoms with Gasteiger partial charge in [-0.1, -0.05) is 12.1 Å². The van der Waals surface area contributed by atoms with Crippen LogP contribution in [-0.4, -0.2) is 25.1 Å².